The van der Waals surface area contributed by atoms with Crippen molar-refractivity contribution < 1.29 is 4.79 Å². The molecule has 0 radical (unpaired) electrons. The van der Waals surface area contributed by atoms with Crippen molar-refractivity contribution in [2.24, 2.45) is 5.73 Å². The lowest BCUT2D eigenvalue weighted by atomic mass is 10.1. The lowest BCUT2D eigenvalue weighted by molar-refractivity contribution is -0.126. The molecule has 0 unspecified atom stereocenters. The fraction of sp³-hybridized carbons (Fsp3) is 0.727. The number of amides is 1. The second kappa shape index (κ2) is 6.60. The first kappa shape index (κ1) is 11.2. The molecule has 1 amide bonds. The molecule has 0 aromatic rings. The van der Waals surface area contributed by atoms with Gasteiger partial charge in [0.05, 0.1) is 0 Å². The third-order valence-corrected chi connectivity index (χ3v) is 2.56. The van der Waals surface area contributed by atoms with Gasteiger partial charge in [-0.15, -0.1) is 0 Å². The van der Waals surface area contributed by atoms with E-state index in [1.54, 1.807) is 12.2 Å². The van der Waals surface area contributed by atoms with Gasteiger partial charge in [-0.2, -0.15) is 0 Å². The van der Waals surface area contributed by atoms with Gasteiger partial charge in [-0.1, -0.05) is 25.3 Å². The minimum atomic E-state index is 0.123. The van der Waals surface area contributed by atoms with Crippen LogP contribution in [0.15, 0.2) is 12.2 Å². The summed E-state index contributed by atoms with van der Waals surface area (Å²) in [6.07, 6.45) is 9.43. The van der Waals surface area contributed by atoms with Gasteiger partial charge in [0.2, 0.25) is 5.91 Å². The molecule has 0 spiro atoms. The van der Waals surface area contributed by atoms with Gasteiger partial charge in [-0.05, 0) is 12.8 Å². The molecule has 1 rings (SSSR count). The number of nitrogens with zero attached hydrogens (tertiary/aromatic N) is 1. The average molecular weight is 196 g/mol. The number of likely N-dealkylation sites (tertiary alicyclic amines) is 1. The van der Waals surface area contributed by atoms with Gasteiger partial charge in [0.15, 0.2) is 0 Å². The summed E-state index contributed by atoms with van der Waals surface area (Å²) in [7, 11) is 0. The van der Waals surface area contributed by atoms with Crippen molar-refractivity contribution in [1.29, 1.82) is 0 Å². The quantitative estimate of drug-likeness (QED) is 0.676. The zero-order valence-electron chi connectivity index (χ0n) is 8.74. The molecule has 0 bridgehead atoms. The zero-order chi connectivity index (χ0) is 10.2. The van der Waals surface area contributed by atoms with Crippen LogP contribution in [0.5, 0.6) is 0 Å². The van der Waals surface area contributed by atoms with Crippen LogP contribution in [-0.2, 0) is 4.79 Å². The second-order valence-corrected chi connectivity index (χ2v) is 3.73. The Labute approximate surface area is 86.0 Å². The highest BCUT2D eigenvalue weighted by molar-refractivity contribution is 5.87. The molecule has 1 aliphatic rings. The summed E-state index contributed by atoms with van der Waals surface area (Å²) in [4.78, 5) is 13.5. The SMILES string of the molecule is NC/C=C/C(=O)N1CCCCCCC1. The van der Waals surface area contributed by atoms with Crippen molar-refractivity contribution in [2.75, 3.05) is 19.6 Å². The minimum Gasteiger partial charge on any atom is -0.339 e. The highest BCUT2D eigenvalue weighted by Gasteiger charge is 2.11. The monoisotopic (exact) mass is 196 g/mol. The molecular formula is C11H20N2O. The number of carbonyl (C=O) groups is 1. The largest absolute Gasteiger partial charge is 0.339 e. The van der Waals surface area contributed by atoms with Gasteiger partial charge < -0.3 is 10.6 Å². The molecule has 1 fully saturated rings. The molecule has 3 nitrogen and oxygen atoms in total. The molecule has 1 aliphatic heterocycles. The van der Waals surface area contributed by atoms with E-state index in [2.05, 4.69) is 0 Å². The molecule has 1 heterocycles. The van der Waals surface area contributed by atoms with Crippen molar-refractivity contribution in [1.82, 2.24) is 4.90 Å². The van der Waals surface area contributed by atoms with Crippen molar-refractivity contribution in [3.63, 3.8) is 0 Å². The summed E-state index contributed by atoms with van der Waals surface area (Å²) < 4.78 is 0. The average Bonchev–Trinajstić information content (AvgIpc) is 2.13. The summed E-state index contributed by atoms with van der Waals surface area (Å²) in [5.41, 5.74) is 5.30. The first-order valence-electron chi connectivity index (χ1n) is 5.50. The van der Waals surface area contributed by atoms with Gasteiger partial charge >= 0.3 is 0 Å². The highest BCUT2D eigenvalue weighted by atomic mass is 16.2. The van der Waals surface area contributed by atoms with E-state index in [-0.39, 0.29) is 5.91 Å². The summed E-state index contributed by atoms with van der Waals surface area (Å²) >= 11 is 0. The Bertz CT molecular complexity index is 193. The maximum Gasteiger partial charge on any atom is 0.246 e. The normalized spacial score (nSPS) is 19.4. The lowest BCUT2D eigenvalue weighted by Crippen LogP contribution is -2.32. The van der Waals surface area contributed by atoms with E-state index in [1.807, 2.05) is 4.90 Å². The summed E-state index contributed by atoms with van der Waals surface area (Å²) in [5.74, 6) is 0.123. The topological polar surface area (TPSA) is 46.3 Å². The van der Waals surface area contributed by atoms with Crippen LogP contribution < -0.4 is 5.73 Å². The molecule has 80 valence electrons. The van der Waals surface area contributed by atoms with E-state index in [4.69, 9.17) is 5.73 Å². The molecule has 3 heteroatoms. The van der Waals surface area contributed by atoms with Gasteiger partial charge in [-0.25, -0.2) is 0 Å². The number of hydrogen-bond donors (Lipinski definition) is 1. The molecule has 0 atom stereocenters. The Balaban J connectivity index is 2.38. The van der Waals surface area contributed by atoms with Gasteiger partial charge in [0, 0.05) is 25.7 Å². The summed E-state index contributed by atoms with van der Waals surface area (Å²) in [6, 6.07) is 0. The first-order chi connectivity index (χ1) is 6.84. The number of rotatable bonds is 2. The van der Waals surface area contributed by atoms with Crippen LogP contribution in [0.1, 0.15) is 32.1 Å². The van der Waals surface area contributed by atoms with E-state index < -0.39 is 0 Å². The van der Waals surface area contributed by atoms with E-state index in [0.29, 0.717) is 6.54 Å². The Morgan fingerprint density at radius 1 is 1.14 bits per heavy atom. The van der Waals surface area contributed by atoms with Crippen LogP contribution in [0.25, 0.3) is 0 Å². The molecule has 2 N–H and O–H groups in total. The standard InChI is InChI=1S/C11H20N2O/c12-8-6-7-11(14)13-9-4-2-1-3-5-10-13/h6-7H,1-5,8-10,12H2/b7-6+. The number of carbonyl (C=O) groups excluding carboxylic acids is 1. The van der Waals surface area contributed by atoms with Crippen molar-refractivity contribution in [3.8, 4) is 0 Å². The maximum absolute atomic E-state index is 11.6. The molecule has 14 heavy (non-hydrogen) atoms. The third-order valence-electron chi connectivity index (χ3n) is 2.56. The van der Waals surface area contributed by atoms with Crippen LogP contribution in [0.4, 0.5) is 0 Å². The van der Waals surface area contributed by atoms with Crippen LogP contribution >= 0.6 is 0 Å². The van der Waals surface area contributed by atoms with Crippen molar-refractivity contribution in [2.45, 2.75) is 32.1 Å². The number of hydrogen-bond acceptors (Lipinski definition) is 2. The predicted octanol–water partition coefficient (Wildman–Crippen LogP) is 1.29. The smallest absolute Gasteiger partial charge is 0.246 e. The molecule has 0 aromatic carbocycles. The number of nitrogens with two attached hydrogens (primary N) is 1. The molecule has 1 saturated heterocycles. The Morgan fingerprint density at radius 2 is 1.71 bits per heavy atom. The first-order valence-corrected chi connectivity index (χ1v) is 5.50. The van der Waals surface area contributed by atoms with Crippen LogP contribution in [0, 0.1) is 0 Å². The van der Waals surface area contributed by atoms with E-state index >= 15 is 0 Å². The second-order valence-electron chi connectivity index (χ2n) is 3.73. The molecule has 0 aromatic heterocycles. The maximum atomic E-state index is 11.6. The van der Waals surface area contributed by atoms with Crippen LogP contribution in [0.2, 0.25) is 0 Å². The molecular weight excluding hydrogens is 176 g/mol. The van der Waals surface area contributed by atoms with E-state index in [9.17, 15) is 4.79 Å². The van der Waals surface area contributed by atoms with E-state index in [0.717, 1.165) is 25.9 Å². The zero-order valence-corrected chi connectivity index (χ0v) is 8.74. The Morgan fingerprint density at radius 3 is 2.29 bits per heavy atom. The van der Waals surface area contributed by atoms with Gasteiger partial charge in [0.1, 0.15) is 0 Å². The van der Waals surface area contributed by atoms with Crippen LogP contribution in [-0.4, -0.2) is 30.4 Å². The Hall–Kier alpha value is -0.830. The fourth-order valence-electron chi connectivity index (χ4n) is 1.74. The minimum absolute atomic E-state index is 0.123. The van der Waals surface area contributed by atoms with Crippen molar-refractivity contribution >= 4 is 5.91 Å². The van der Waals surface area contributed by atoms with Gasteiger partial charge in [0.25, 0.3) is 0 Å². The molecule has 0 saturated carbocycles. The lowest BCUT2D eigenvalue weighted by Gasteiger charge is -2.23. The summed E-state index contributed by atoms with van der Waals surface area (Å²) in [5, 5.41) is 0. The summed E-state index contributed by atoms with van der Waals surface area (Å²) in [6.45, 7) is 2.26. The molecule has 0 aliphatic carbocycles. The Kier molecular flexibility index (Phi) is 5.30. The van der Waals surface area contributed by atoms with Gasteiger partial charge in [-0.3, -0.25) is 4.79 Å². The third kappa shape index (κ3) is 3.92. The predicted molar refractivity (Wildman–Crippen MR) is 57.9 cm³/mol. The fourth-order valence-corrected chi connectivity index (χ4v) is 1.74. The van der Waals surface area contributed by atoms with E-state index in [1.165, 1.54) is 19.3 Å². The van der Waals surface area contributed by atoms with Crippen molar-refractivity contribution in [3.05, 3.63) is 12.2 Å². The van der Waals surface area contributed by atoms with Crippen LogP contribution in [0.3, 0.4) is 0 Å². The highest BCUT2D eigenvalue weighted by Crippen LogP contribution is 2.10.